The summed E-state index contributed by atoms with van der Waals surface area (Å²) < 4.78 is 10.6. The smallest absolute Gasteiger partial charge is 0.179 e. The monoisotopic (exact) mass is 294 g/mol. The Morgan fingerprint density at radius 3 is 3.19 bits per heavy atom. The van der Waals surface area contributed by atoms with Gasteiger partial charge < -0.3 is 25.2 Å². The number of hydrogen-bond donors (Lipinski definition) is 3. The van der Waals surface area contributed by atoms with E-state index in [1.807, 2.05) is 19.1 Å². The van der Waals surface area contributed by atoms with Crippen LogP contribution in [-0.2, 0) is 4.74 Å². The molecule has 3 N–H and O–H groups in total. The molecule has 6 nitrogen and oxygen atoms in total. The minimum Gasteiger partial charge on any atom is -0.490 e. The molecule has 1 aliphatic heterocycles. The minimum atomic E-state index is -0.287. The van der Waals surface area contributed by atoms with Gasteiger partial charge in [-0.2, -0.15) is 0 Å². The van der Waals surface area contributed by atoms with Crippen LogP contribution in [-0.4, -0.2) is 56.4 Å². The summed E-state index contributed by atoms with van der Waals surface area (Å²) in [5.74, 6) is 0.822. The van der Waals surface area contributed by atoms with Crippen LogP contribution in [0.5, 0.6) is 5.75 Å². The van der Waals surface area contributed by atoms with E-state index < -0.39 is 0 Å². The molecule has 116 valence electrons. The van der Waals surface area contributed by atoms with Crippen molar-refractivity contribution in [1.82, 2.24) is 5.32 Å². The van der Waals surface area contributed by atoms with E-state index in [1.165, 1.54) is 0 Å². The van der Waals surface area contributed by atoms with Gasteiger partial charge in [0.25, 0.3) is 0 Å². The topological polar surface area (TPSA) is 79.8 Å². The highest BCUT2D eigenvalue weighted by atomic mass is 16.5. The molecule has 0 fully saturated rings. The number of fused-ring (bicyclic) bond motifs is 1. The SMILES string of the molecule is CC(NCCOCCO)C(=O)c1ccc2c(c1)NCCO2. The second-order valence-corrected chi connectivity index (χ2v) is 4.86. The molecule has 2 rings (SSSR count). The summed E-state index contributed by atoms with van der Waals surface area (Å²) in [6.45, 7) is 4.60. The van der Waals surface area contributed by atoms with E-state index in [4.69, 9.17) is 14.6 Å². The number of hydrogen-bond acceptors (Lipinski definition) is 6. The van der Waals surface area contributed by atoms with Crippen molar-refractivity contribution in [3.8, 4) is 5.75 Å². The number of ether oxygens (including phenoxy) is 2. The third kappa shape index (κ3) is 4.42. The van der Waals surface area contributed by atoms with Crippen molar-refractivity contribution in [3.63, 3.8) is 0 Å². The number of Topliss-reactive ketones (excluding diaryl/α,β-unsaturated/α-hetero) is 1. The molecule has 1 aromatic rings. The molecule has 0 bridgehead atoms. The first-order valence-corrected chi connectivity index (χ1v) is 7.19. The quantitative estimate of drug-likeness (QED) is 0.483. The zero-order valence-electron chi connectivity index (χ0n) is 12.2. The molecule has 1 unspecified atom stereocenters. The second kappa shape index (κ2) is 7.97. The molecule has 0 aromatic heterocycles. The lowest BCUT2D eigenvalue weighted by Crippen LogP contribution is -2.36. The van der Waals surface area contributed by atoms with Gasteiger partial charge in [0.05, 0.1) is 31.5 Å². The maximum atomic E-state index is 12.3. The van der Waals surface area contributed by atoms with Gasteiger partial charge in [-0.1, -0.05) is 0 Å². The van der Waals surface area contributed by atoms with Crippen molar-refractivity contribution in [2.24, 2.45) is 0 Å². The number of carbonyl (C=O) groups excluding carboxylic acids is 1. The third-order valence-electron chi connectivity index (χ3n) is 3.26. The number of aliphatic hydroxyl groups excluding tert-OH is 1. The van der Waals surface area contributed by atoms with Crippen LogP contribution in [0.2, 0.25) is 0 Å². The van der Waals surface area contributed by atoms with Crippen LogP contribution >= 0.6 is 0 Å². The van der Waals surface area contributed by atoms with Crippen LogP contribution in [0.4, 0.5) is 5.69 Å². The molecule has 1 aliphatic rings. The molecule has 1 heterocycles. The zero-order valence-corrected chi connectivity index (χ0v) is 12.2. The van der Waals surface area contributed by atoms with Crippen molar-refractivity contribution in [2.45, 2.75) is 13.0 Å². The van der Waals surface area contributed by atoms with E-state index in [9.17, 15) is 4.79 Å². The summed E-state index contributed by atoms with van der Waals surface area (Å²) >= 11 is 0. The normalized spacial score (nSPS) is 14.8. The average molecular weight is 294 g/mol. The van der Waals surface area contributed by atoms with E-state index in [0.29, 0.717) is 31.9 Å². The van der Waals surface area contributed by atoms with Crippen molar-refractivity contribution in [3.05, 3.63) is 23.8 Å². The molecular weight excluding hydrogens is 272 g/mol. The highest BCUT2D eigenvalue weighted by Gasteiger charge is 2.17. The zero-order chi connectivity index (χ0) is 15.1. The molecular formula is C15H22N2O4. The lowest BCUT2D eigenvalue weighted by Gasteiger charge is -2.20. The molecule has 1 atom stereocenters. The number of benzene rings is 1. The van der Waals surface area contributed by atoms with Gasteiger partial charge in [0.1, 0.15) is 12.4 Å². The first-order chi connectivity index (χ1) is 10.2. The van der Waals surface area contributed by atoms with Crippen LogP contribution in [0.25, 0.3) is 0 Å². The number of ketones is 1. The van der Waals surface area contributed by atoms with E-state index in [1.54, 1.807) is 6.07 Å². The Morgan fingerprint density at radius 2 is 2.38 bits per heavy atom. The van der Waals surface area contributed by atoms with Gasteiger partial charge >= 0.3 is 0 Å². The molecule has 0 spiro atoms. The van der Waals surface area contributed by atoms with E-state index in [-0.39, 0.29) is 18.4 Å². The number of aliphatic hydroxyl groups is 1. The first-order valence-electron chi connectivity index (χ1n) is 7.19. The van der Waals surface area contributed by atoms with Crippen molar-refractivity contribution in [2.75, 3.05) is 44.8 Å². The predicted octanol–water partition coefficient (Wildman–Crippen LogP) is 0.661. The maximum absolute atomic E-state index is 12.3. The van der Waals surface area contributed by atoms with Gasteiger partial charge in [-0.25, -0.2) is 0 Å². The summed E-state index contributed by atoms with van der Waals surface area (Å²) in [4.78, 5) is 12.3. The van der Waals surface area contributed by atoms with Crippen molar-refractivity contribution < 1.29 is 19.4 Å². The van der Waals surface area contributed by atoms with E-state index in [2.05, 4.69) is 10.6 Å². The Balaban J connectivity index is 1.87. The van der Waals surface area contributed by atoms with Crippen molar-refractivity contribution in [1.29, 1.82) is 0 Å². The molecule has 21 heavy (non-hydrogen) atoms. The fourth-order valence-corrected chi connectivity index (χ4v) is 2.15. The fraction of sp³-hybridized carbons (Fsp3) is 0.533. The van der Waals surface area contributed by atoms with Gasteiger partial charge in [0.15, 0.2) is 5.78 Å². The van der Waals surface area contributed by atoms with Gasteiger partial charge in [-0.05, 0) is 25.1 Å². The molecule has 0 saturated carbocycles. The number of anilines is 1. The number of rotatable bonds is 8. The van der Waals surface area contributed by atoms with E-state index in [0.717, 1.165) is 18.0 Å². The van der Waals surface area contributed by atoms with Gasteiger partial charge in [0, 0.05) is 18.7 Å². The lowest BCUT2D eigenvalue weighted by atomic mass is 10.0. The summed E-state index contributed by atoms with van der Waals surface area (Å²) in [6, 6.07) is 5.16. The maximum Gasteiger partial charge on any atom is 0.179 e. The Hall–Kier alpha value is -1.63. The Kier molecular flexibility index (Phi) is 5.98. The highest BCUT2D eigenvalue weighted by Crippen LogP contribution is 2.28. The summed E-state index contributed by atoms with van der Waals surface area (Å²) in [7, 11) is 0. The van der Waals surface area contributed by atoms with Gasteiger partial charge in [-0.15, -0.1) is 0 Å². The largest absolute Gasteiger partial charge is 0.490 e. The predicted molar refractivity (Wildman–Crippen MR) is 80.1 cm³/mol. The summed E-state index contributed by atoms with van der Waals surface area (Å²) in [5.41, 5.74) is 1.52. The van der Waals surface area contributed by atoms with Crippen LogP contribution in [0, 0.1) is 0 Å². The number of carbonyl (C=O) groups is 1. The average Bonchev–Trinajstić information content (AvgIpc) is 2.53. The molecule has 0 aliphatic carbocycles. The van der Waals surface area contributed by atoms with Crippen LogP contribution in [0.3, 0.4) is 0 Å². The lowest BCUT2D eigenvalue weighted by molar-refractivity contribution is 0.0870. The van der Waals surface area contributed by atoms with Crippen LogP contribution < -0.4 is 15.4 Å². The Bertz CT molecular complexity index is 479. The molecule has 0 amide bonds. The first kappa shape index (κ1) is 15.8. The third-order valence-corrected chi connectivity index (χ3v) is 3.26. The minimum absolute atomic E-state index is 0.0126. The van der Waals surface area contributed by atoms with Crippen LogP contribution in [0.1, 0.15) is 17.3 Å². The standard InChI is InChI=1S/C15H22N2O4/c1-11(16-4-7-20-9-6-18)15(19)12-2-3-14-13(10-12)17-5-8-21-14/h2-3,10-11,16-18H,4-9H2,1H3. The summed E-state index contributed by atoms with van der Waals surface area (Å²) in [5, 5.41) is 14.9. The van der Waals surface area contributed by atoms with Crippen molar-refractivity contribution >= 4 is 11.5 Å². The highest BCUT2D eigenvalue weighted by molar-refractivity contribution is 6.01. The molecule has 6 heteroatoms. The molecule has 1 aromatic carbocycles. The summed E-state index contributed by atoms with van der Waals surface area (Å²) in [6.07, 6.45) is 0. The van der Waals surface area contributed by atoms with Gasteiger partial charge in [0.2, 0.25) is 0 Å². The fourth-order valence-electron chi connectivity index (χ4n) is 2.15. The molecule has 0 radical (unpaired) electrons. The van der Waals surface area contributed by atoms with Gasteiger partial charge in [-0.3, -0.25) is 4.79 Å². The Labute approximate surface area is 124 Å². The van der Waals surface area contributed by atoms with E-state index >= 15 is 0 Å². The number of nitrogens with one attached hydrogen (secondary N) is 2. The molecule has 0 saturated heterocycles. The van der Waals surface area contributed by atoms with Crippen LogP contribution in [0.15, 0.2) is 18.2 Å². The Morgan fingerprint density at radius 1 is 1.52 bits per heavy atom. The second-order valence-electron chi connectivity index (χ2n) is 4.86.